The molecule has 1 N–H and O–H groups in total. The number of anilines is 1. The van der Waals surface area contributed by atoms with E-state index < -0.39 is 0 Å². The molecule has 106 valence electrons. The summed E-state index contributed by atoms with van der Waals surface area (Å²) in [5.41, 5.74) is 2.02. The quantitative estimate of drug-likeness (QED) is 0.652. The SMILES string of the molecule is Cc1ccccc1OCCCNc1ncnc(Cl)c1C. The highest BCUT2D eigenvalue weighted by Gasteiger charge is 2.04. The van der Waals surface area contributed by atoms with Gasteiger partial charge >= 0.3 is 0 Å². The monoisotopic (exact) mass is 291 g/mol. The summed E-state index contributed by atoms with van der Waals surface area (Å²) in [7, 11) is 0. The van der Waals surface area contributed by atoms with Crippen LogP contribution in [0.1, 0.15) is 17.5 Å². The van der Waals surface area contributed by atoms with Gasteiger partial charge in [0.05, 0.1) is 6.61 Å². The number of hydrogen-bond donors (Lipinski definition) is 1. The van der Waals surface area contributed by atoms with Crippen LogP contribution in [0.15, 0.2) is 30.6 Å². The van der Waals surface area contributed by atoms with Gasteiger partial charge in [0.2, 0.25) is 0 Å². The molecule has 1 aromatic carbocycles. The summed E-state index contributed by atoms with van der Waals surface area (Å²) in [4.78, 5) is 8.08. The predicted molar refractivity (Wildman–Crippen MR) is 81.6 cm³/mol. The summed E-state index contributed by atoms with van der Waals surface area (Å²) in [6, 6.07) is 8.01. The van der Waals surface area contributed by atoms with Crippen LogP contribution in [0.3, 0.4) is 0 Å². The van der Waals surface area contributed by atoms with Crippen molar-refractivity contribution >= 4 is 17.4 Å². The normalized spacial score (nSPS) is 10.3. The van der Waals surface area contributed by atoms with Gasteiger partial charge in [-0.2, -0.15) is 0 Å². The average Bonchev–Trinajstić information content (AvgIpc) is 2.45. The van der Waals surface area contributed by atoms with Crippen molar-refractivity contribution in [1.82, 2.24) is 9.97 Å². The van der Waals surface area contributed by atoms with E-state index in [4.69, 9.17) is 16.3 Å². The van der Waals surface area contributed by atoms with Gasteiger partial charge in [-0.15, -0.1) is 0 Å². The van der Waals surface area contributed by atoms with Crippen molar-refractivity contribution in [2.75, 3.05) is 18.5 Å². The number of para-hydroxylation sites is 1. The second-order valence-electron chi connectivity index (χ2n) is 4.53. The summed E-state index contributed by atoms with van der Waals surface area (Å²) >= 11 is 5.94. The fourth-order valence-corrected chi connectivity index (χ4v) is 1.92. The molecule has 0 radical (unpaired) electrons. The van der Waals surface area contributed by atoms with Gasteiger partial charge in [-0.3, -0.25) is 0 Å². The Morgan fingerprint density at radius 2 is 2.00 bits per heavy atom. The smallest absolute Gasteiger partial charge is 0.137 e. The molecule has 20 heavy (non-hydrogen) atoms. The minimum absolute atomic E-state index is 0.485. The van der Waals surface area contributed by atoms with E-state index >= 15 is 0 Å². The zero-order valence-corrected chi connectivity index (χ0v) is 12.4. The number of benzene rings is 1. The van der Waals surface area contributed by atoms with Crippen LogP contribution in [0.2, 0.25) is 5.15 Å². The molecule has 0 atom stereocenters. The van der Waals surface area contributed by atoms with Crippen LogP contribution in [0, 0.1) is 13.8 Å². The first-order chi connectivity index (χ1) is 9.68. The first-order valence-electron chi connectivity index (χ1n) is 6.58. The maximum Gasteiger partial charge on any atom is 0.137 e. The van der Waals surface area contributed by atoms with Crippen molar-refractivity contribution in [2.45, 2.75) is 20.3 Å². The van der Waals surface area contributed by atoms with Crippen LogP contribution in [-0.4, -0.2) is 23.1 Å². The summed E-state index contributed by atoms with van der Waals surface area (Å²) in [6.07, 6.45) is 2.34. The van der Waals surface area contributed by atoms with E-state index in [0.717, 1.165) is 35.7 Å². The van der Waals surface area contributed by atoms with E-state index in [1.54, 1.807) is 0 Å². The van der Waals surface area contributed by atoms with E-state index in [0.29, 0.717) is 11.8 Å². The molecule has 1 heterocycles. The van der Waals surface area contributed by atoms with Crippen molar-refractivity contribution in [3.8, 4) is 5.75 Å². The Labute approximate surface area is 124 Å². The Morgan fingerprint density at radius 3 is 2.80 bits per heavy atom. The Morgan fingerprint density at radius 1 is 1.20 bits per heavy atom. The van der Waals surface area contributed by atoms with Gasteiger partial charge in [-0.05, 0) is 31.9 Å². The van der Waals surface area contributed by atoms with Crippen molar-refractivity contribution in [2.24, 2.45) is 0 Å². The molecule has 0 aliphatic carbocycles. The highest BCUT2D eigenvalue weighted by Crippen LogP contribution is 2.18. The van der Waals surface area contributed by atoms with Crippen molar-refractivity contribution in [3.05, 3.63) is 46.9 Å². The molecule has 1 aromatic heterocycles. The van der Waals surface area contributed by atoms with Crippen LogP contribution in [0.4, 0.5) is 5.82 Å². The molecule has 0 aliphatic heterocycles. The highest BCUT2D eigenvalue weighted by atomic mass is 35.5. The molecule has 2 rings (SSSR count). The average molecular weight is 292 g/mol. The maximum absolute atomic E-state index is 5.94. The molecule has 5 heteroatoms. The minimum atomic E-state index is 0.485. The van der Waals surface area contributed by atoms with Gasteiger partial charge in [0.25, 0.3) is 0 Å². The second-order valence-corrected chi connectivity index (χ2v) is 4.89. The number of hydrogen-bond acceptors (Lipinski definition) is 4. The van der Waals surface area contributed by atoms with E-state index in [9.17, 15) is 0 Å². The first-order valence-corrected chi connectivity index (χ1v) is 6.95. The van der Waals surface area contributed by atoms with E-state index in [-0.39, 0.29) is 0 Å². The standard InChI is InChI=1S/C15H18ClN3O/c1-11-6-3-4-7-13(11)20-9-5-8-17-15-12(2)14(16)18-10-19-15/h3-4,6-7,10H,5,8-9H2,1-2H3,(H,17,18,19). The second kappa shape index (κ2) is 7.10. The summed E-state index contributed by atoms with van der Waals surface area (Å²) < 4.78 is 5.73. The van der Waals surface area contributed by atoms with Crippen LogP contribution in [0.25, 0.3) is 0 Å². The van der Waals surface area contributed by atoms with Crippen LogP contribution >= 0.6 is 11.6 Å². The molecule has 0 saturated carbocycles. The summed E-state index contributed by atoms with van der Waals surface area (Å²) in [5, 5.41) is 3.72. The molecule has 0 bridgehead atoms. The molecule has 0 fully saturated rings. The summed E-state index contributed by atoms with van der Waals surface area (Å²) in [5.74, 6) is 1.72. The van der Waals surface area contributed by atoms with Crippen molar-refractivity contribution in [3.63, 3.8) is 0 Å². The number of halogens is 1. The topological polar surface area (TPSA) is 47.0 Å². The Balaban J connectivity index is 1.75. The number of nitrogens with zero attached hydrogens (tertiary/aromatic N) is 2. The fourth-order valence-electron chi connectivity index (χ4n) is 1.79. The molecule has 0 spiro atoms. The number of rotatable bonds is 6. The van der Waals surface area contributed by atoms with Crippen LogP contribution in [-0.2, 0) is 0 Å². The zero-order chi connectivity index (χ0) is 14.4. The Kier molecular flexibility index (Phi) is 5.18. The molecule has 4 nitrogen and oxygen atoms in total. The predicted octanol–water partition coefficient (Wildman–Crippen LogP) is 3.63. The lowest BCUT2D eigenvalue weighted by molar-refractivity contribution is 0.313. The van der Waals surface area contributed by atoms with Crippen LogP contribution in [0.5, 0.6) is 5.75 Å². The van der Waals surface area contributed by atoms with Crippen LogP contribution < -0.4 is 10.1 Å². The molecular weight excluding hydrogens is 274 g/mol. The molecule has 0 aliphatic rings. The molecule has 0 amide bonds. The number of nitrogens with one attached hydrogen (secondary N) is 1. The lowest BCUT2D eigenvalue weighted by Gasteiger charge is -2.10. The molecule has 0 unspecified atom stereocenters. The van der Waals surface area contributed by atoms with E-state index in [1.165, 1.54) is 6.33 Å². The largest absolute Gasteiger partial charge is 0.493 e. The molecule has 2 aromatic rings. The third-order valence-corrected chi connectivity index (χ3v) is 3.37. The van der Waals surface area contributed by atoms with Gasteiger partial charge in [0.1, 0.15) is 23.0 Å². The molecule has 0 saturated heterocycles. The third kappa shape index (κ3) is 3.84. The Bertz CT molecular complexity index is 575. The van der Waals surface area contributed by atoms with Gasteiger partial charge in [-0.1, -0.05) is 29.8 Å². The lowest BCUT2D eigenvalue weighted by atomic mass is 10.2. The minimum Gasteiger partial charge on any atom is -0.493 e. The van der Waals surface area contributed by atoms with Crippen molar-refractivity contribution < 1.29 is 4.74 Å². The summed E-state index contributed by atoms with van der Waals surface area (Å²) in [6.45, 7) is 5.38. The van der Waals surface area contributed by atoms with Gasteiger partial charge < -0.3 is 10.1 Å². The van der Waals surface area contributed by atoms with Crippen molar-refractivity contribution in [1.29, 1.82) is 0 Å². The van der Waals surface area contributed by atoms with Gasteiger partial charge in [0.15, 0.2) is 0 Å². The highest BCUT2D eigenvalue weighted by molar-refractivity contribution is 6.30. The fraction of sp³-hybridized carbons (Fsp3) is 0.333. The lowest BCUT2D eigenvalue weighted by Crippen LogP contribution is -2.10. The van der Waals surface area contributed by atoms with Gasteiger partial charge in [-0.25, -0.2) is 9.97 Å². The number of ether oxygens (including phenoxy) is 1. The van der Waals surface area contributed by atoms with E-state index in [1.807, 2.05) is 38.1 Å². The maximum atomic E-state index is 5.94. The Hall–Kier alpha value is -1.81. The number of aromatic nitrogens is 2. The van der Waals surface area contributed by atoms with E-state index in [2.05, 4.69) is 15.3 Å². The third-order valence-electron chi connectivity index (χ3n) is 2.99. The number of aryl methyl sites for hydroxylation is 1. The molecular formula is C15H18ClN3O. The zero-order valence-electron chi connectivity index (χ0n) is 11.7. The van der Waals surface area contributed by atoms with Gasteiger partial charge in [0, 0.05) is 12.1 Å². The first kappa shape index (κ1) is 14.6.